The molecular formula is C23H31N5. The van der Waals surface area contributed by atoms with E-state index in [4.69, 9.17) is 15.7 Å². The number of likely N-dealkylation sites (tertiary alicyclic amines) is 1. The molecule has 5 rings (SSSR count). The van der Waals surface area contributed by atoms with Gasteiger partial charge in [0, 0.05) is 30.6 Å². The van der Waals surface area contributed by atoms with Crippen molar-refractivity contribution in [1.29, 1.82) is 0 Å². The smallest absolute Gasteiger partial charge is 0.222 e. The van der Waals surface area contributed by atoms with Crippen molar-refractivity contribution in [2.45, 2.75) is 50.5 Å². The van der Waals surface area contributed by atoms with Crippen LogP contribution in [0.4, 0.5) is 11.8 Å². The molecule has 2 fully saturated rings. The maximum Gasteiger partial charge on any atom is 0.222 e. The van der Waals surface area contributed by atoms with E-state index in [-0.39, 0.29) is 0 Å². The van der Waals surface area contributed by atoms with Gasteiger partial charge in [0.1, 0.15) is 5.82 Å². The first-order valence-corrected chi connectivity index (χ1v) is 10.9. The van der Waals surface area contributed by atoms with Crippen molar-refractivity contribution in [3.05, 3.63) is 47.2 Å². The van der Waals surface area contributed by atoms with Gasteiger partial charge < -0.3 is 15.5 Å². The Morgan fingerprint density at radius 1 is 1.00 bits per heavy atom. The first-order chi connectivity index (χ1) is 13.7. The Bertz CT molecular complexity index is 836. The summed E-state index contributed by atoms with van der Waals surface area (Å²) < 4.78 is 0. The molecule has 5 nitrogen and oxygen atoms in total. The van der Waals surface area contributed by atoms with Gasteiger partial charge in [-0.25, -0.2) is 4.98 Å². The van der Waals surface area contributed by atoms with Crippen molar-refractivity contribution in [1.82, 2.24) is 14.9 Å². The van der Waals surface area contributed by atoms with Crippen LogP contribution < -0.4 is 10.6 Å². The average molecular weight is 378 g/mol. The fourth-order valence-corrected chi connectivity index (χ4v) is 5.75. The minimum atomic E-state index is 0.340. The van der Waals surface area contributed by atoms with Crippen LogP contribution in [-0.2, 0) is 6.42 Å². The number of nitrogens with two attached hydrogens (primary N) is 1. The number of nitrogens with zero attached hydrogens (tertiary/aromatic N) is 4. The van der Waals surface area contributed by atoms with E-state index < -0.39 is 0 Å². The zero-order valence-electron chi connectivity index (χ0n) is 16.8. The molecule has 2 aromatic rings. The maximum absolute atomic E-state index is 6.26. The van der Waals surface area contributed by atoms with Crippen LogP contribution in [-0.4, -0.2) is 47.6 Å². The third kappa shape index (κ3) is 3.16. The molecule has 2 aliphatic heterocycles. The number of benzene rings is 1. The molecule has 1 aromatic heterocycles. The summed E-state index contributed by atoms with van der Waals surface area (Å²) >= 11 is 0. The summed E-state index contributed by atoms with van der Waals surface area (Å²) in [6, 6.07) is 11.4. The maximum atomic E-state index is 6.26. The lowest BCUT2D eigenvalue weighted by molar-refractivity contribution is 0.154. The number of hydrogen-bond donors (Lipinski definition) is 1. The van der Waals surface area contributed by atoms with E-state index in [1.807, 2.05) is 0 Å². The van der Waals surface area contributed by atoms with Gasteiger partial charge in [0.25, 0.3) is 0 Å². The second-order valence-corrected chi connectivity index (χ2v) is 8.84. The summed E-state index contributed by atoms with van der Waals surface area (Å²) in [5, 5.41) is 0. The number of piperidine rings is 2. The highest BCUT2D eigenvalue weighted by Gasteiger charge is 2.38. The minimum Gasteiger partial charge on any atom is -0.368 e. The third-order valence-corrected chi connectivity index (χ3v) is 7.03. The van der Waals surface area contributed by atoms with Crippen LogP contribution in [0.3, 0.4) is 0 Å². The van der Waals surface area contributed by atoms with Gasteiger partial charge >= 0.3 is 0 Å². The molecule has 0 bridgehead atoms. The van der Waals surface area contributed by atoms with Gasteiger partial charge in [-0.05, 0) is 63.6 Å². The summed E-state index contributed by atoms with van der Waals surface area (Å²) in [4.78, 5) is 14.7. The van der Waals surface area contributed by atoms with Gasteiger partial charge in [-0.15, -0.1) is 0 Å². The molecule has 5 heteroatoms. The van der Waals surface area contributed by atoms with Crippen LogP contribution in [0.15, 0.2) is 30.3 Å². The number of hydrogen-bond acceptors (Lipinski definition) is 5. The lowest BCUT2D eigenvalue weighted by Gasteiger charge is -2.48. The zero-order valence-corrected chi connectivity index (χ0v) is 16.8. The van der Waals surface area contributed by atoms with E-state index in [0.717, 1.165) is 31.1 Å². The Labute approximate surface area is 168 Å². The highest BCUT2D eigenvalue weighted by atomic mass is 15.3. The molecule has 1 aliphatic carbocycles. The van der Waals surface area contributed by atoms with Gasteiger partial charge in [-0.3, -0.25) is 0 Å². The Morgan fingerprint density at radius 3 is 2.71 bits per heavy atom. The van der Waals surface area contributed by atoms with Crippen LogP contribution in [0.5, 0.6) is 0 Å². The van der Waals surface area contributed by atoms with Crippen LogP contribution in [0, 0.1) is 5.92 Å². The van der Waals surface area contributed by atoms with Gasteiger partial charge in [0.05, 0.1) is 5.69 Å². The molecule has 148 valence electrons. The van der Waals surface area contributed by atoms with E-state index in [0.29, 0.717) is 17.9 Å². The Hall–Kier alpha value is -2.14. The molecule has 3 aliphatic rings. The molecule has 2 saturated heterocycles. The SMILES string of the molecule is CN1CCC2C(CCCN2c2nc(N)nc3c2CCCC3c2ccccc2)C1. The third-order valence-electron chi connectivity index (χ3n) is 7.03. The fourth-order valence-electron chi connectivity index (χ4n) is 5.75. The lowest BCUT2D eigenvalue weighted by atomic mass is 9.80. The van der Waals surface area contributed by atoms with Crippen molar-refractivity contribution in [3.63, 3.8) is 0 Å². The molecule has 0 saturated carbocycles. The molecule has 2 N–H and O–H groups in total. The Balaban J connectivity index is 1.55. The van der Waals surface area contributed by atoms with Gasteiger partial charge in [-0.2, -0.15) is 4.98 Å². The summed E-state index contributed by atoms with van der Waals surface area (Å²) in [6.07, 6.45) is 7.21. The molecule has 3 heterocycles. The standard InChI is InChI=1S/C23H31N5/c1-27-14-12-20-17(15-27)9-6-13-28(20)22-19-11-5-10-18(16-7-3-2-4-8-16)21(19)25-23(24)26-22/h2-4,7-8,17-18,20H,5-6,9-15H2,1H3,(H2,24,25,26). The van der Waals surface area contributed by atoms with Crippen LogP contribution >= 0.6 is 0 Å². The number of rotatable bonds is 2. The van der Waals surface area contributed by atoms with E-state index in [1.165, 1.54) is 55.6 Å². The minimum absolute atomic E-state index is 0.340. The number of anilines is 2. The number of nitrogen functional groups attached to an aromatic ring is 1. The predicted molar refractivity (Wildman–Crippen MR) is 114 cm³/mol. The van der Waals surface area contributed by atoms with Crippen molar-refractivity contribution < 1.29 is 0 Å². The largest absolute Gasteiger partial charge is 0.368 e. The van der Waals surface area contributed by atoms with Crippen molar-refractivity contribution in [2.75, 3.05) is 37.3 Å². The summed E-state index contributed by atoms with van der Waals surface area (Å²) in [5.74, 6) is 2.66. The molecule has 0 amide bonds. The van der Waals surface area contributed by atoms with Crippen LogP contribution in [0.1, 0.15) is 54.8 Å². The van der Waals surface area contributed by atoms with Crippen molar-refractivity contribution >= 4 is 11.8 Å². The van der Waals surface area contributed by atoms with Crippen molar-refractivity contribution in [3.8, 4) is 0 Å². The summed E-state index contributed by atoms with van der Waals surface area (Å²) in [7, 11) is 2.25. The zero-order chi connectivity index (χ0) is 19.1. The predicted octanol–water partition coefficient (Wildman–Crippen LogP) is 3.45. The Morgan fingerprint density at radius 2 is 1.86 bits per heavy atom. The Kier molecular flexibility index (Phi) is 4.71. The van der Waals surface area contributed by atoms with Crippen LogP contribution in [0.25, 0.3) is 0 Å². The van der Waals surface area contributed by atoms with E-state index in [1.54, 1.807) is 0 Å². The first kappa shape index (κ1) is 17.9. The van der Waals surface area contributed by atoms with E-state index >= 15 is 0 Å². The number of aromatic nitrogens is 2. The quantitative estimate of drug-likeness (QED) is 0.869. The van der Waals surface area contributed by atoms with Gasteiger partial charge in [0.2, 0.25) is 5.95 Å². The molecule has 28 heavy (non-hydrogen) atoms. The molecule has 1 aromatic carbocycles. The molecule has 3 unspecified atom stereocenters. The summed E-state index contributed by atoms with van der Waals surface area (Å²) in [5.41, 5.74) is 10.1. The normalized spacial score (nSPS) is 27.9. The molecular weight excluding hydrogens is 346 g/mol. The first-order valence-electron chi connectivity index (χ1n) is 10.9. The second-order valence-electron chi connectivity index (χ2n) is 8.84. The molecule has 0 spiro atoms. The van der Waals surface area contributed by atoms with Gasteiger partial charge in [0.15, 0.2) is 0 Å². The highest BCUT2D eigenvalue weighted by Crippen LogP contribution is 2.41. The highest BCUT2D eigenvalue weighted by molar-refractivity contribution is 5.56. The average Bonchev–Trinajstić information content (AvgIpc) is 2.72. The van der Waals surface area contributed by atoms with E-state index in [9.17, 15) is 0 Å². The summed E-state index contributed by atoms with van der Waals surface area (Å²) in [6.45, 7) is 3.48. The van der Waals surface area contributed by atoms with E-state index in [2.05, 4.69) is 47.2 Å². The van der Waals surface area contributed by atoms with Crippen molar-refractivity contribution in [2.24, 2.45) is 5.92 Å². The molecule has 3 atom stereocenters. The van der Waals surface area contributed by atoms with Crippen LogP contribution in [0.2, 0.25) is 0 Å². The second kappa shape index (κ2) is 7.36. The molecule has 0 radical (unpaired) electrons. The fraction of sp³-hybridized carbons (Fsp3) is 0.565. The number of fused-ring (bicyclic) bond motifs is 2. The monoisotopic (exact) mass is 377 g/mol. The topological polar surface area (TPSA) is 58.3 Å². The lowest BCUT2D eigenvalue weighted by Crippen LogP contribution is -2.54. The van der Waals surface area contributed by atoms with Gasteiger partial charge in [-0.1, -0.05) is 30.3 Å².